The van der Waals surface area contributed by atoms with Crippen LogP contribution in [0.3, 0.4) is 0 Å². The molecule has 0 saturated heterocycles. The molecule has 0 aliphatic heterocycles. The van der Waals surface area contributed by atoms with Gasteiger partial charge in [0.2, 0.25) is 5.82 Å². The van der Waals surface area contributed by atoms with E-state index in [1.54, 1.807) is 6.07 Å². The van der Waals surface area contributed by atoms with Gasteiger partial charge in [-0.25, -0.2) is 14.4 Å². The van der Waals surface area contributed by atoms with E-state index in [-0.39, 0.29) is 18.2 Å². The van der Waals surface area contributed by atoms with Gasteiger partial charge in [0.25, 0.3) is 0 Å². The molecule has 0 radical (unpaired) electrons. The van der Waals surface area contributed by atoms with Crippen LogP contribution in [0.4, 0.5) is 29.2 Å². The van der Waals surface area contributed by atoms with Gasteiger partial charge >= 0.3 is 6.18 Å². The van der Waals surface area contributed by atoms with E-state index in [9.17, 15) is 17.6 Å². The third-order valence-corrected chi connectivity index (χ3v) is 2.69. The first kappa shape index (κ1) is 15.0. The highest BCUT2D eigenvalue weighted by molar-refractivity contribution is 5.47. The average molecular weight is 300 g/mol. The standard InChI is InChI=1S/C13H12F4N4/c1-21(7-8-3-2-4-9(14)5-8)11-6-10(18)19-12(20-11)13(15,16)17/h2-6H,7H2,1H3,(H2,18,19,20). The molecule has 8 heteroatoms. The van der Waals surface area contributed by atoms with Crippen LogP contribution in [0.5, 0.6) is 0 Å². The minimum atomic E-state index is -4.68. The highest BCUT2D eigenvalue weighted by atomic mass is 19.4. The van der Waals surface area contributed by atoms with E-state index in [1.165, 1.54) is 36.2 Å². The highest BCUT2D eigenvalue weighted by Crippen LogP contribution is 2.28. The van der Waals surface area contributed by atoms with Crippen molar-refractivity contribution in [3.63, 3.8) is 0 Å². The molecule has 2 aromatic rings. The SMILES string of the molecule is CN(Cc1cccc(F)c1)c1cc(N)nc(C(F)(F)F)n1. The van der Waals surface area contributed by atoms with Crippen LogP contribution in [0.25, 0.3) is 0 Å². The summed E-state index contributed by atoms with van der Waals surface area (Å²) in [5.74, 6) is -1.99. The van der Waals surface area contributed by atoms with E-state index in [2.05, 4.69) is 9.97 Å². The van der Waals surface area contributed by atoms with Crippen LogP contribution in [0, 0.1) is 5.82 Å². The van der Waals surface area contributed by atoms with Gasteiger partial charge < -0.3 is 10.6 Å². The Morgan fingerprint density at radius 2 is 1.90 bits per heavy atom. The molecular weight excluding hydrogens is 288 g/mol. The van der Waals surface area contributed by atoms with Crippen LogP contribution in [-0.2, 0) is 12.7 Å². The zero-order valence-electron chi connectivity index (χ0n) is 11.0. The second-order valence-corrected chi connectivity index (χ2v) is 4.46. The Kier molecular flexibility index (Phi) is 3.97. The summed E-state index contributed by atoms with van der Waals surface area (Å²) < 4.78 is 51.0. The first-order valence-electron chi connectivity index (χ1n) is 5.93. The Balaban J connectivity index is 2.27. The lowest BCUT2D eigenvalue weighted by Gasteiger charge is -2.19. The van der Waals surface area contributed by atoms with Crippen molar-refractivity contribution in [3.8, 4) is 0 Å². The summed E-state index contributed by atoms with van der Waals surface area (Å²) in [4.78, 5) is 8.04. The lowest BCUT2D eigenvalue weighted by molar-refractivity contribution is -0.144. The lowest BCUT2D eigenvalue weighted by Crippen LogP contribution is -2.21. The van der Waals surface area contributed by atoms with Gasteiger partial charge in [0.05, 0.1) is 0 Å². The van der Waals surface area contributed by atoms with E-state index in [1.807, 2.05) is 0 Å². The molecule has 2 rings (SSSR count). The second kappa shape index (κ2) is 5.55. The monoisotopic (exact) mass is 300 g/mol. The van der Waals surface area contributed by atoms with E-state index in [0.717, 1.165) is 0 Å². The lowest BCUT2D eigenvalue weighted by atomic mass is 10.2. The fourth-order valence-corrected chi connectivity index (χ4v) is 1.77. The Morgan fingerprint density at radius 1 is 1.19 bits per heavy atom. The number of hydrogen-bond donors (Lipinski definition) is 1. The summed E-state index contributed by atoms with van der Waals surface area (Å²) in [5.41, 5.74) is 5.97. The fraction of sp³-hybridized carbons (Fsp3) is 0.231. The summed E-state index contributed by atoms with van der Waals surface area (Å²) in [6.07, 6.45) is -4.68. The third-order valence-electron chi connectivity index (χ3n) is 2.69. The third kappa shape index (κ3) is 3.80. The molecule has 4 nitrogen and oxygen atoms in total. The first-order chi connectivity index (χ1) is 9.75. The predicted octanol–water partition coefficient (Wildman–Crippen LogP) is 2.85. The van der Waals surface area contributed by atoms with Gasteiger partial charge in [-0.3, -0.25) is 0 Å². The Labute approximate surface area is 118 Å². The molecule has 0 bridgehead atoms. The van der Waals surface area contributed by atoms with Gasteiger partial charge in [-0.2, -0.15) is 13.2 Å². The van der Waals surface area contributed by atoms with Crippen molar-refractivity contribution in [3.05, 3.63) is 47.5 Å². The summed E-state index contributed by atoms with van der Waals surface area (Å²) in [7, 11) is 1.53. The number of aromatic nitrogens is 2. The van der Waals surface area contributed by atoms with Crippen molar-refractivity contribution in [2.45, 2.75) is 12.7 Å². The normalized spacial score (nSPS) is 11.5. The molecule has 0 fully saturated rings. The molecule has 1 aromatic carbocycles. The largest absolute Gasteiger partial charge is 0.451 e. The van der Waals surface area contributed by atoms with E-state index >= 15 is 0 Å². The van der Waals surface area contributed by atoms with Crippen LogP contribution < -0.4 is 10.6 Å². The number of anilines is 2. The van der Waals surface area contributed by atoms with Crippen molar-refractivity contribution >= 4 is 11.6 Å². The number of benzene rings is 1. The van der Waals surface area contributed by atoms with Crippen molar-refractivity contribution in [2.24, 2.45) is 0 Å². The van der Waals surface area contributed by atoms with Crippen molar-refractivity contribution < 1.29 is 17.6 Å². The minimum absolute atomic E-state index is 0.0130. The Bertz CT molecular complexity index is 642. The number of nitrogens with two attached hydrogens (primary N) is 1. The van der Waals surface area contributed by atoms with Crippen LogP contribution in [-0.4, -0.2) is 17.0 Å². The van der Waals surface area contributed by atoms with E-state index in [0.29, 0.717) is 5.56 Å². The maximum atomic E-state index is 13.1. The highest BCUT2D eigenvalue weighted by Gasteiger charge is 2.35. The molecule has 0 unspecified atom stereocenters. The molecule has 0 amide bonds. The number of alkyl halides is 3. The Hall–Kier alpha value is -2.38. The van der Waals surface area contributed by atoms with E-state index in [4.69, 9.17) is 5.73 Å². The number of nitrogens with zero attached hydrogens (tertiary/aromatic N) is 3. The van der Waals surface area contributed by atoms with Gasteiger partial charge in [0, 0.05) is 19.7 Å². The summed E-state index contributed by atoms with van der Waals surface area (Å²) >= 11 is 0. The second-order valence-electron chi connectivity index (χ2n) is 4.46. The maximum Gasteiger partial charge on any atom is 0.451 e. The Morgan fingerprint density at radius 3 is 2.52 bits per heavy atom. The molecule has 2 N–H and O–H groups in total. The molecule has 1 aromatic heterocycles. The molecule has 0 saturated carbocycles. The summed E-state index contributed by atoms with van der Waals surface area (Å²) in [6, 6.07) is 7.00. The van der Waals surface area contributed by atoms with E-state index < -0.39 is 17.8 Å². The molecule has 0 aliphatic rings. The van der Waals surface area contributed by atoms with Crippen LogP contribution >= 0.6 is 0 Å². The summed E-state index contributed by atoms with van der Waals surface area (Å²) in [6.45, 7) is 0.186. The van der Waals surface area contributed by atoms with Crippen molar-refractivity contribution in [1.29, 1.82) is 0 Å². The van der Waals surface area contributed by atoms with Crippen molar-refractivity contribution in [1.82, 2.24) is 9.97 Å². The minimum Gasteiger partial charge on any atom is -0.384 e. The topological polar surface area (TPSA) is 55.0 Å². The van der Waals surface area contributed by atoms with Gasteiger partial charge in [-0.05, 0) is 17.7 Å². The van der Waals surface area contributed by atoms with Crippen LogP contribution in [0.1, 0.15) is 11.4 Å². The zero-order chi connectivity index (χ0) is 15.6. The number of rotatable bonds is 3. The van der Waals surface area contributed by atoms with Crippen molar-refractivity contribution in [2.75, 3.05) is 17.7 Å². The quantitative estimate of drug-likeness (QED) is 0.886. The van der Waals surface area contributed by atoms with Gasteiger partial charge in [0.15, 0.2) is 0 Å². The first-order valence-corrected chi connectivity index (χ1v) is 5.93. The molecule has 0 atom stereocenters. The summed E-state index contributed by atoms with van der Waals surface area (Å²) in [5, 5.41) is 0. The van der Waals surface area contributed by atoms with Gasteiger partial charge in [-0.15, -0.1) is 0 Å². The maximum absolute atomic E-state index is 13.1. The molecular formula is C13H12F4N4. The molecule has 0 aliphatic carbocycles. The number of halogens is 4. The smallest absolute Gasteiger partial charge is 0.384 e. The van der Waals surface area contributed by atoms with Gasteiger partial charge in [-0.1, -0.05) is 12.1 Å². The van der Waals surface area contributed by atoms with Crippen LogP contribution in [0.15, 0.2) is 30.3 Å². The number of hydrogen-bond acceptors (Lipinski definition) is 4. The van der Waals surface area contributed by atoms with Crippen LogP contribution in [0.2, 0.25) is 0 Å². The molecule has 0 spiro atoms. The molecule has 21 heavy (non-hydrogen) atoms. The van der Waals surface area contributed by atoms with Gasteiger partial charge in [0.1, 0.15) is 17.5 Å². The molecule has 112 valence electrons. The molecule has 1 heterocycles. The predicted molar refractivity (Wildman–Crippen MR) is 70.0 cm³/mol. The zero-order valence-corrected chi connectivity index (χ0v) is 11.0. The fourth-order valence-electron chi connectivity index (χ4n) is 1.77. The number of nitrogen functional groups attached to an aromatic ring is 1. The average Bonchev–Trinajstić information content (AvgIpc) is 2.37.